The number of halogens is 1. The highest BCUT2D eigenvalue weighted by Crippen LogP contribution is 2.27. The van der Waals surface area contributed by atoms with E-state index in [0.29, 0.717) is 11.2 Å². The number of hydrazone groups is 1. The molecular formula is C15H19ClN4S. The van der Waals surface area contributed by atoms with Crippen LogP contribution in [0.3, 0.4) is 0 Å². The first-order valence-electron chi connectivity index (χ1n) is 7.28. The van der Waals surface area contributed by atoms with E-state index in [9.17, 15) is 0 Å². The van der Waals surface area contributed by atoms with E-state index in [2.05, 4.69) is 20.7 Å². The molecule has 0 aromatic heterocycles. The van der Waals surface area contributed by atoms with Crippen LogP contribution in [0.1, 0.15) is 18.4 Å². The minimum atomic E-state index is 0.457. The van der Waals surface area contributed by atoms with Crippen LogP contribution in [0.5, 0.6) is 0 Å². The number of hydrogen-bond donors (Lipinski definition) is 2. The molecule has 0 radical (unpaired) electrons. The molecule has 3 aliphatic rings. The van der Waals surface area contributed by atoms with Gasteiger partial charge < -0.3 is 10.2 Å². The first kappa shape index (κ1) is 14.8. The zero-order valence-electron chi connectivity index (χ0n) is 11.8. The van der Waals surface area contributed by atoms with Crippen molar-refractivity contribution >= 4 is 35.1 Å². The van der Waals surface area contributed by atoms with Gasteiger partial charge in [-0.2, -0.15) is 5.10 Å². The zero-order valence-corrected chi connectivity index (χ0v) is 13.3. The highest BCUT2D eigenvalue weighted by Gasteiger charge is 2.34. The fourth-order valence-corrected chi connectivity index (χ4v) is 3.37. The monoisotopic (exact) mass is 322 g/mol. The van der Waals surface area contributed by atoms with Crippen LogP contribution in [0.25, 0.3) is 0 Å². The fourth-order valence-electron chi connectivity index (χ4n) is 3.04. The molecule has 1 atom stereocenters. The normalized spacial score (nSPS) is 27.8. The molecule has 21 heavy (non-hydrogen) atoms. The lowest BCUT2D eigenvalue weighted by molar-refractivity contribution is 0.0812. The lowest BCUT2D eigenvalue weighted by atomic mass is 9.84. The highest BCUT2D eigenvalue weighted by molar-refractivity contribution is 7.80. The molecule has 1 aromatic rings. The molecule has 3 heterocycles. The molecule has 2 bridgehead atoms. The van der Waals surface area contributed by atoms with Gasteiger partial charge in [-0.25, -0.2) is 0 Å². The van der Waals surface area contributed by atoms with Crippen molar-refractivity contribution in [1.29, 1.82) is 0 Å². The average Bonchev–Trinajstić information content (AvgIpc) is 2.50. The molecule has 2 N–H and O–H groups in total. The first-order chi connectivity index (χ1) is 10.2. The Labute approximate surface area is 135 Å². The Morgan fingerprint density at radius 1 is 1.29 bits per heavy atom. The molecule has 3 aliphatic heterocycles. The van der Waals surface area contributed by atoms with Gasteiger partial charge in [0.05, 0.1) is 6.21 Å². The predicted molar refractivity (Wildman–Crippen MR) is 90.9 cm³/mol. The molecule has 0 aliphatic carbocycles. The van der Waals surface area contributed by atoms with Gasteiger partial charge in [0, 0.05) is 17.6 Å². The molecule has 4 rings (SSSR count). The summed E-state index contributed by atoms with van der Waals surface area (Å²) in [6, 6.07) is 7.96. The highest BCUT2D eigenvalue weighted by atomic mass is 35.5. The second-order valence-corrected chi connectivity index (χ2v) is 6.48. The van der Waals surface area contributed by atoms with E-state index in [0.717, 1.165) is 23.0 Å². The van der Waals surface area contributed by atoms with E-state index in [4.69, 9.17) is 23.8 Å². The second kappa shape index (κ2) is 6.73. The van der Waals surface area contributed by atoms with Crippen LogP contribution in [0.4, 0.5) is 0 Å². The smallest absolute Gasteiger partial charge is 0.187 e. The van der Waals surface area contributed by atoms with Crippen molar-refractivity contribution in [2.75, 3.05) is 19.6 Å². The summed E-state index contributed by atoms with van der Waals surface area (Å²) >= 11 is 11.2. The standard InChI is InChI=1S/C15H19ClN4S/c16-13-3-1-11(2-4-13)9-17-19-15(21)18-14-10-20-7-5-12(14)6-8-20/h1-4,9,12,14H,5-8,10H2,(H2,18,19,21)/b17-9+/t14-/m1/s1. The van der Waals surface area contributed by atoms with Crippen LogP contribution in [0.15, 0.2) is 29.4 Å². The summed E-state index contributed by atoms with van der Waals surface area (Å²) in [5, 5.41) is 8.87. The largest absolute Gasteiger partial charge is 0.357 e. The predicted octanol–water partition coefficient (Wildman–Crippen LogP) is 2.23. The molecule has 112 valence electrons. The maximum absolute atomic E-state index is 5.84. The van der Waals surface area contributed by atoms with Gasteiger partial charge in [-0.05, 0) is 61.8 Å². The Kier molecular flexibility index (Phi) is 4.73. The van der Waals surface area contributed by atoms with Gasteiger partial charge in [0.2, 0.25) is 0 Å². The Balaban J connectivity index is 1.47. The van der Waals surface area contributed by atoms with Crippen LogP contribution < -0.4 is 10.7 Å². The molecule has 6 heteroatoms. The van der Waals surface area contributed by atoms with Gasteiger partial charge in [-0.15, -0.1) is 0 Å². The van der Waals surface area contributed by atoms with Gasteiger partial charge in [0.15, 0.2) is 5.11 Å². The number of fused-ring (bicyclic) bond motifs is 3. The third kappa shape index (κ3) is 3.93. The van der Waals surface area contributed by atoms with E-state index >= 15 is 0 Å². The summed E-state index contributed by atoms with van der Waals surface area (Å²) < 4.78 is 0. The Hall–Kier alpha value is -1.17. The Bertz CT molecular complexity index is 523. The van der Waals surface area contributed by atoms with E-state index in [1.54, 1.807) is 6.21 Å². The number of hydrogen-bond acceptors (Lipinski definition) is 3. The SMILES string of the molecule is S=C(N/N=C/c1ccc(Cl)cc1)N[C@@H]1CN2CCC1CC2. The number of piperidine rings is 3. The van der Waals surface area contributed by atoms with Gasteiger partial charge >= 0.3 is 0 Å². The van der Waals surface area contributed by atoms with Crippen LogP contribution in [-0.2, 0) is 0 Å². The zero-order chi connectivity index (χ0) is 14.7. The van der Waals surface area contributed by atoms with E-state index < -0.39 is 0 Å². The maximum atomic E-state index is 5.84. The maximum Gasteiger partial charge on any atom is 0.187 e. The minimum absolute atomic E-state index is 0.457. The van der Waals surface area contributed by atoms with Gasteiger partial charge in [0.1, 0.15) is 0 Å². The quantitative estimate of drug-likeness (QED) is 0.508. The van der Waals surface area contributed by atoms with Gasteiger partial charge in [-0.1, -0.05) is 23.7 Å². The van der Waals surface area contributed by atoms with Crippen molar-refractivity contribution in [2.45, 2.75) is 18.9 Å². The summed E-state index contributed by atoms with van der Waals surface area (Å²) in [5.41, 5.74) is 3.87. The van der Waals surface area contributed by atoms with E-state index in [1.165, 1.54) is 25.9 Å². The number of nitrogens with zero attached hydrogens (tertiary/aromatic N) is 2. The van der Waals surface area contributed by atoms with Crippen molar-refractivity contribution in [3.05, 3.63) is 34.9 Å². The van der Waals surface area contributed by atoms with E-state index in [-0.39, 0.29) is 0 Å². The molecule has 4 nitrogen and oxygen atoms in total. The average molecular weight is 323 g/mol. The number of thiocarbonyl (C=S) groups is 1. The lowest BCUT2D eigenvalue weighted by Gasteiger charge is -2.45. The van der Waals surface area contributed by atoms with E-state index in [1.807, 2.05) is 24.3 Å². The van der Waals surface area contributed by atoms with Gasteiger partial charge in [0.25, 0.3) is 0 Å². The van der Waals surface area contributed by atoms with Gasteiger partial charge in [-0.3, -0.25) is 5.43 Å². The molecule has 0 amide bonds. The number of benzene rings is 1. The molecular weight excluding hydrogens is 304 g/mol. The summed E-state index contributed by atoms with van der Waals surface area (Å²) in [7, 11) is 0. The molecule has 3 saturated heterocycles. The lowest BCUT2D eigenvalue weighted by Crippen LogP contribution is -2.58. The second-order valence-electron chi connectivity index (χ2n) is 5.64. The Morgan fingerprint density at radius 3 is 2.62 bits per heavy atom. The molecule has 1 aromatic carbocycles. The molecule has 0 spiro atoms. The summed E-state index contributed by atoms with van der Waals surface area (Å²) in [5.74, 6) is 0.745. The topological polar surface area (TPSA) is 39.7 Å². The van der Waals surface area contributed by atoms with Crippen LogP contribution in [0.2, 0.25) is 5.02 Å². The molecule has 3 fully saturated rings. The van der Waals surface area contributed by atoms with Crippen molar-refractivity contribution in [1.82, 2.24) is 15.6 Å². The summed E-state index contributed by atoms with van der Waals surface area (Å²) in [6.45, 7) is 3.56. The summed E-state index contributed by atoms with van der Waals surface area (Å²) in [6.07, 6.45) is 4.28. The van der Waals surface area contributed by atoms with Crippen molar-refractivity contribution in [3.63, 3.8) is 0 Å². The third-order valence-corrected chi connectivity index (χ3v) is 4.68. The fraction of sp³-hybridized carbons (Fsp3) is 0.467. The van der Waals surface area contributed by atoms with Crippen LogP contribution >= 0.6 is 23.8 Å². The third-order valence-electron chi connectivity index (χ3n) is 4.22. The molecule has 0 saturated carbocycles. The minimum Gasteiger partial charge on any atom is -0.357 e. The number of rotatable bonds is 3. The van der Waals surface area contributed by atoms with Crippen LogP contribution in [0, 0.1) is 5.92 Å². The number of nitrogens with one attached hydrogen (secondary N) is 2. The first-order valence-corrected chi connectivity index (χ1v) is 8.07. The molecule has 0 unspecified atom stereocenters. The van der Waals surface area contributed by atoms with Crippen LogP contribution in [-0.4, -0.2) is 41.9 Å². The van der Waals surface area contributed by atoms with Crippen molar-refractivity contribution < 1.29 is 0 Å². The van der Waals surface area contributed by atoms with Crippen molar-refractivity contribution in [3.8, 4) is 0 Å². The summed E-state index contributed by atoms with van der Waals surface area (Å²) in [4.78, 5) is 2.50. The Morgan fingerprint density at radius 2 is 2.00 bits per heavy atom. The van der Waals surface area contributed by atoms with Crippen molar-refractivity contribution in [2.24, 2.45) is 11.0 Å².